The second kappa shape index (κ2) is 5.99. The number of nitrogens with zero attached hydrogens (tertiary/aromatic N) is 4. The Morgan fingerprint density at radius 3 is 2.40 bits per heavy atom. The van der Waals surface area contributed by atoms with E-state index in [1.165, 1.54) is 4.68 Å². The molecule has 0 saturated carbocycles. The predicted molar refractivity (Wildman–Crippen MR) is 103 cm³/mol. The summed E-state index contributed by atoms with van der Waals surface area (Å²) in [6.45, 7) is 8.84. The predicted octanol–water partition coefficient (Wildman–Crippen LogP) is 3.30. The zero-order chi connectivity index (χ0) is 18.0. The summed E-state index contributed by atoms with van der Waals surface area (Å²) in [6.07, 6.45) is 3.18. The summed E-state index contributed by atoms with van der Waals surface area (Å²) >= 11 is 6.43. The lowest BCUT2D eigenvalue weighted by molar-refractivity contribution is 0.459. The molecular weight excluding hydrogens is 360 g/mol. The Morgan fingerprint density at radius 1 is 1.28 bits per heavy atom. The van der Waals surface area contributed by atoms with Gasteiger partial charge in [-0.25, -0.2) is 8.42 Å². The number of allylic oxidation sites excluding steroid dienone is 2. The highest BCUT2D eigenvalue weighted by Gasteiger charge is 2.39. The van der Waals surface area contributed by atoms with E-state index in [1.807, 2.05) is 19.9 Å². The number of aromatic nitrogens is 2. The Hall–Kier alpha value is -1.60. The zero-order valence-corrected chi connectivity index (χ0v) is 16.2. The van der Waals surface area contributed by atoms with Gasteiger partial charge in [-0.05, 0) is 38.8 Å². The van der Waals surface area contributed by atoms with Gasteiger partial charge in [0.25, 0.3) is 0 Å². The molecule has 0 fully saturated rings. The molecule has 0 radical (unpaired) electrons. The van der Waals surface area contributed by atoms with Gasteiger partial charge in [-0.3, -0.25) is 9.67 Å². The second-order valence-electron chi connectivity index (χ2n) is 7.06. The first-order chi connectivity index (χ1) is 10.9. The van der Waals surface area contributed by atoms with Crippen LogP contribution in [0.25, 0.3) is 5.70 Å². The van der Waals surface area contributed by atoms with Crippen molar-refractivity contribution in [2.24, 2.45) is 12.0 Å². The molecule has 0 saturated heterocycles. The molecule has 0 aliphatic carbocycles. The van der Waals surface area contributed by atoms with Crippen molar-refractivity contribution in [2.75, 3.05) is 12.8 Å². The van der Waals surface area contributed by atoms with E-state index >= 15 is 0 Å². The van der Waals surface area contributed by atoms with E-state index in [0.717, 1.165) is 28.9 Å². The van der Waals surface area contributed by atoms with Gasteiger partial charge in [-0.1, -0.05) is 25.1 Å². The van der Waals surface area contributed by atoms with Gasteiger partial charge in [0.2, 0.25) is 0 Å². The van der Waals surface area contributed by atoms with Gasteiger partial charge in [-0.2, -0.15) is 5.10 Å². The monoisotopic (exact) mass is 384 g/mol. The van der Waals surface area contributed by atoms with Crippen LogP contribution in [0.1, 0.15) is 40.8 Å². The zero-order valence-electron chi connectivity index (χ0n) is 14.7. The maximum atomic E-state index is 12.0. The molecule has 0 atom stereocenters. The number of fused-ring (bicyclic) bond motifs is 1. The molecule has 25 heavy (non-hydrogen) atoms. The van der Waals surface area contributed by atoms with Crippen LogP contribution in [0.5, 0.6) is 0 Å². The Balaban J connectivity index is 0.00000225. The molecule has 0 N–H and O–H groups in total. The van der Waals surface area contributed by atoms with Crippen LogP contribution in [-0.2, 0) is 16.9 Å². The molecule has 0 aromatic carbocycles. The summed E-state index contributed by atoms with van der Waals surface area (Å²) < 4.78 is 25.4. The molecule has 0 unspecified atom stereocenters. The number of halogens is 1. The van der Waals surface area contributed by atoms with Crippen molar-refractivity contribution < 1.29 is 8.42 Å². The SMILES string of the molecule is C.CC1=CC(C)=C(c2nn(C)c(S(C)(=O)=O)c2Cl)N2CC(C)(C)N=C12. The van der Waals surface area contributed by atoms with Gasteiger partial charge in [0, 0.05) is 19.8 Å². The van der Waals surface area contributed by atoms with Crippen molar-refractivity contribution in [3.05, 3.63) is 27.9 Å². The van der Waals surface area contributed by atoms with Crippen molar-refractivity contribution in [3.8, 4) is 0 Å². The van der Waals surface area contributed by atoms with E-state index in [4.69, 9.17) is 16.6 Å². The largest absolute Gasteiger partial charge is 0.322 e. The summed E-state index contributed by atoms with van der Waals surface area (Å²) in [5.74, 6) is 0.892. The van der Waals surface area contributed by atoms with E-state index in [2.05, 4.69) is 23.8 Å². The Labute approximate surface area is 154 Å². The van der Waals surface area contributed by atoms with Gasteiger partial charge in [0.15, 0.2) is 14.9 Å². The molecule has 2 aliphatic rings. The number of rotatable bonds is 2. The molecule has 3 rings (SSSR count). The number of sulfone groups is 1. The molecule has 3 heterocycles. The highest BCUT2D eigenvalue weighted by molar-refractivity contribution is 7.90. The molecule has 138 valence electrons. The van der Waals surface area contributed by atoms with Crippen molar-refractivity contribution in [1.29, 1.82) is 0 Å². The topological polar surface area (TPSA) is 67.6 Å². The minimum absolute atomic E-state index is 0. The van der Waals surface area contributed by atoms with Crippen molar-refractivity contribution >= 4 is 33.0 Å². The number of aliphatic imine (C=N–C) groups is 1. The fourth-order valence-electron chi connectivity index (χ4n) is 3.35. The fourth-order valence-corrected chi connectivity index (χ4v) is 4.97. The normalized spacial score (nSPS) is 19.4. The Kier molecular flexibility index (Phi) is 4.72. The van der Waals surface area contributed by atoms with Gasteiger partial charge < -0.3 is 4.90 Å². The van der Waals surface area contributed by atoms with E-state index in [0.29, 0.717) is 12.2 Å². The molecule has 2 aliphatic heterocycles. The first-order valence-electron chi connectivity index (χ1n) is 7.62. The summed E-state index contributed by atoms with van der Waals surface area (Å²) in [6, 6.07) is 0. The fraction of sp³-hybridized carbons (Fsp3) is 0.529. The smallest absolute Gasteiger partial charge is 0.193 e. The average Bonchev–Trinajstić information content (AvgIpc) is 2.86. The highest BCUT2D eigenvalue weighted by atomic mass is 35.5. The van der Waals surface area contributed by atoms with Crippen LogP contribution in [-0.4, -0.2) is 47.3 Å². The van der Waals surface area contributed by atoms with E-state index in [9.17, 15) is 8.42 Å². The molecule has 0 spiro atoms. The maximum absolute atomic E-state index is 12.0. The van der Waals surface area contributed by atoms with Crippen LogP contribution in [0.15, 0.2) is 27.2 Å². The minimum Gasteiger partial charge on any atom is -0.322 e. The third-order valence-corrected chi connectivity index (χ3v) is 5.79. The van der Waals surface area contributed by atoms with Gasteiger partial charge in [0.1, 0.15) is 16.6 Å². The summed E-state index contributed by atoms with van der Waals surface area (Å²) in [7, 11) is -1.88. The first-order valence-corrected chi connectivity index (χ1v) is 9.89. The standard InChI is InChI=1S/C16H21ClN4O2S.CH4/c1-9-7-10(2)14-18-16(3,4)8-21(14)13(9)12-11(17)15(20(5)19-12)24(6,22)23;/h7H,8H2,1-6H3;1H4. The van der Waals surface area contributed by atoms with E-state index in [-0.39, 0.29) is 23.0 Å². The lowest BCUT2D eigenvalue weighted by atomic mass is 10.0. The number of hydrogen-bond acceptors (Lipinski definition) is 5. The van der Waals surface area contributed by atoms with Gasteiger partial charge in [-0.15, -0.1) is 0 Å². The Morgan fingerprint density at radius 2 is 1.88 bits per heavy atom. The molecule has 1 aromatic heterocycles. The number of amidine groups is 1. The summed E-state index contributed by atoms with van der Waals surface area (Å²) in [5, 5.41) is 4.59. The van der Waals surface area contributed by atoms with Crippen LogP contribution in [0.4, 0.5) is 0 Å². The van der Waals surface area contributed by atoms with Crippen molar-refractivity contribution in [2.45, 2.75) is 45.7 Å². The number of hydrogen-bond donors (Lipinski definition) is 0. The third kappa shape index (κ3) is 3.15. The van der Waals surface area contributed by atoms with E-state index in [1.54, 1.807) is 7.05 Å². The van der Waals surface area contributed by atoms with Crippen LogP contribution in [0.3, 0.4) is 0 Å². The lowest BCUT2D eigenvalue weighted by Gasteiger charge is -2.29. The Bertz CT molecular complexity index is 936. The molecule has 6 nitrogen and oxygen atoms in total. The minimum atomic E-state index is -3.47. The van der Waals surface area contributed by atoms with Crippen LogP contribution >= 0.6 is 11.6 Å². The molecule has 1 aromatic rings. The maximum Gasteiger partial charge on any atom is 0.193 e. The number of aryl methyl sites for hydroxylation is 1. The van der Waals surface area contributed by atoms with Gasteiger partial charge >= 0.3 is 0 Å². The molecular formula is C17H25ClN4O2S. The first kappa shape index (κ1) is 19.7. The molecule has 0 amide bonds. The van der Waals surface area contributed by atoms with Crippen LogP contribution in [0.2, 0.25) is 5.02 Å². The van der Waals surface area contributed by atoms with Crippen LogP contribution in [0, 0.1) is 0 Å². The molecule has 8 heteroatoms. The van der Waals surface area contributed by atoms with Crippen molar-refractivity contribution in [3.63, 3.8) is 0 Å². The quantitative estimate of drug-likeness (QED) is 0.784. The highest BCUT2D eigenvalue weighted by Crippen LogP contribution is 2.40. The van der Waals surface area contributed by atoms with Gasteiger partial charge in [0.05, 0.1) is 11.2 Å². The summed E-state index contributed by atoms with van der Waals surface area (Å²) in [4.78, 5) is 6.87. The molecule has 0 bridgehead atoms. The second-order valence-corrected chi connectivity index (χ2v) is 9.37. The van der Waals surface area contributed by atoms with Crippen molar-refractivity contribution in [1.82, 2.24) is 14.7 Å². The average molecular weight is 385 g/mol. The third-order valence-electron chi connectivity index (χ3n) is 4.15. The lowest BCUT2D eigenvalue weighted by Crippen LogP contribution is -2.34. The summed E-state index contributed by atoms with van der Waals surface area (Å²) in [5.41, 5.74) is 3.15. The van der Waals surface area contributed by atoms with E-state index < -0.39 is 9.84 Å². The van der Waals surface area contributed by atoms with Crippen LogP contribution < -0.4 is 0 Å².